The zero-order chi connectivity index (χ0) is 13.5. The molecule has 2 heterocycles. The summed E-state index contributed by atoms with van der Waals surface area (Å²) < 4.78 is 39.4. The SMILES string of the molecule is CC[C@H]1C[C@H](C(F)(F)F)n2ncc(C(=O)O)c2N1. The molecule has 8 heteroatoms. The Bertz CT molecular complexity index is 469. The van der Waals surface area contributed by atoms with Gasteiger partial charge in [-0.05, 0) is 12.8 Å². The molecule has 1 aromatic rings. The Kier molecular flexibility index (Phi) is 2.95. The molecule has 0 amide bonds. The Morgan fingerprint density at radius 3 is 2.83 bits per heavy atom. The van der Waals surface area contributed by atoms with Crippen LogP contribution in [0.25, 0.3) is 0 Å². The van der Waals surface area contributed by atoms with E-state index in [0.717, 1.165) is 10.9 Å². The Hall–Kier alpha value is -1.73. The zero-order valence-corrected chi connectivity index (χ0v) is 9.53. The fourth-order valence-electron chi connectivity index (χ4n) is 2.06. The van der Waals surface area contributed by atoms with E-state index < -0.39 is 24.2 Å². The summed E-state index contributed by atoms with van der Waals surface area (Å²) >= 11 is 0. The molecular weight excluding hydrogens is 251 g/mol. The molecule has 0 radical (unpaired) electrons. The Morgan fingerprint density at radius 1 is 1.67 bits per heavy atom. The van der Waals surface area contributed by atoms with Gasteiger partial charge in [0.05, 0.1) is 6.20 Å². The number of rotatable bonds is 2. The molecule has 0 aromatic carbocycles. The summed E-state index contributed by atoms with van der Waals surface area (Å²) in [5.74, 6) is -1.36. The van der Waals surface area contributed by atoms with Crippen LogP contribution in [0, 0.1) is 0 Å². The number of nitrogens with zero attached hydrogens (tertiary/aromatic N) is 2. The van der Waals surface area contributed by atoms with Crippen LogP contribution in [0.5, 0.6) is 0 Å². The quantitative estimate of drug-likeness (QED) is 0.859. The lowest BCUT2D eigenvalue weighted by atomic mass is 10.0. The molecule has 2 rings (SSSR count). The summed E-state index contributed by atoms with van der Waals surface area (Å²) in [6, 6.07) is -2.18. The van der Waals surface area contributed by atoms with Crippen LogP contribution in [0.3, 0.4) is 0 Å². The Balaban J connectivity index is 2.47. The van der Waals surface area contributed by atoms with Gasteiger partial charge in [-0.2, -0.15) is 18.3 Å². The lowest BCUT2D eigenvalue weighted by Crippen LogP contribution is -2.39. The van der Waals surface area contributed by atoms with Gasteiger partial charge in [0.15, 0.2) is 6.04 Å². The van der Waals surface area contributed by atoms with E-state index in [1.54, 1.807) is 6.92 Å². The van der Waals surface area contributed by atoms with Gasteiger partial charge in [-0.15, -0.1) is 0 Å². The normalized spacial score (nSPS) is 23.3. The van der Waals surface area contributed by atoms with E-state index in [2.05, 4.69) is 10.4 Å². The minimum Gasteiger partial charge on any atom is -0.477 e. The first-order chi connectivity index (χ1) is 8.34. The number of carbonyl (C=O) groups is 1. The predicted octanol–water partition coefficient (Wildman–Crippen LogP) is 2.28. The van der Waals surface area contributed by atoms with Crippen LogP contribution in [-0.4, -0.2) is 33.1 Å². The molecule has 0 fully saturated rings. The molecule has 18 heavy (non-hydrogen) atoms. The van der Waals surface area contributed by atoms with Crippen molar-refractivity contribution in [2.45, 2.75) is 38.0 Å². The van der Waals surface area contributed by atoms with Crippen LogP contribution in [0.1, 0.15) is 36.2 Å². The van der Waals surface area contributed by atoms with Gasteiger partial charge in [0.2, 0.25) is 0 Å². The number of halogens is 3. The summed E-state index contributed by atoms with van der Waals surface area (Å²) in [4.78, 5) is 10.9. The second kappa shape index (κ2) is 4.18. The second-order valence-corrected chi connectivity index (χ2v) is 4.20. The van der Waals surface area contributed by atoms with E-state index in [4.69, 9.17) is 5.11 Å². The van der Waals surface area contributed by atoms with E-state index in [-0.39, 0.29) is 17.8 Å². The molecule has 1 aliphatic heterocycles. The highest BCUT2D eigenvalue weighted by atomic mass is 19.4. The van der Waals surface area contributed by atoms with Gasteiger partial charge >= 0.3 is 12.1 Å². The summed E-state index contributed by atoms with van der Waals surface area (Å²) in [6.45, 7) is 1.75. The summed E-state index contributed by atoms with van der Waals surface area (Å²) in [7, 11) is 0. The molecular formula is C10H12F3N3O2. The molecule has 0 spiro atoms. The predicted molar refractivity (Wildman–Crippen MR) is 56.6 cm³/mol. The summed E-state index contributed by atoms with van der Waals surface area (Å²) in [6.07, 6.45) is -3.15. The van der Waals surface area contributed by atoms with E-state index in [1.165, 1.54) is 0 Å². The lowest BCUT2D eigenvalue weighted by Gasteiger charge is -2.33. The first-order valence-corrected chi connectivity index (χ1v) is 5.48. The van der Waals surface area contributed by atoms with Crippen LogP contribution < -0.4 is 5.32 Å². The molecule has 2 atom stereocenters. The average Bonchev–Trinajstić information content (AvgIpc) is 2.69. The third-order valence-corrected chi connectivity index (χ3v) is 3.04. The van der Waals surface area contributed by atoms with Crippen LogP contribution in [0.2, 0.25) is 0 Å². The van der Waals surface area contributed by atoms with Crippen molar-refractivity contribution in [3.05, 3.63) is 11.8 Å². The number of carboxylic acid groups (broad SMARTS) is 1. The van der Waals surface area contributed by atoms with Crippen LogP contribution >= 0.6 is 0 Å². The second-order valence-electron chi connectivity index (χ2n) is 4.20. The van der Waals surface area contributed by atoms with E-state index in [0.29, 0.717) is 6.42 Å². The fourth-order valence-corrected chi connectivity index (χ4v) is 2.06. The van der Waals surface area contributed by atoms with Crippen molar-refractivity contribution >= 4 is 11.8 Å². The molecule has 0 saturated heterocycles. The van der Waals surface area contributed by atoms with Gasteiger partial charge in [-0.3, -0.25) is 0 Å². The lowest BCUT2D eigenvalue weighted by molar-refractivity contribution is -0.173. The molecule has 0 unspecified atom stereocenters. The maximum absolute atomic E-state index is 12.9. The topological polar surface area (TPSA) is 67.2 Å². The minimum atomic E-state index is -4.44. The van der Waals surface area contributed by atoms with Gasteiger partial charge in [0.1, 0.15) is 11.4 Å². The fraction of sp³-hybridized carbons (Fsp3) is 0.600. The van der Waals surface area contributed by atoms with Crippen molar-refractivity contribution in [1.82, 2.24) is 9.78 Å². The first kappa shape index (κ1) is 12.7. The average molecular weight is 263 g/mol. The number of hydrogen-bond donors (Lipinski definition) is 2. The first-order valence-electron chi connectivity index (χ1n) is 5.48. The Morgan fingerprint density at radius 2 is 2.33 bits per heavy atom. The van der Waals surface area contributed by atoms with Crippen molar-refractivity contribution in [1.29, 1.82) is 0 Å². The van der Waals surface area contributed by atoms with Crippen molar-refractivity contribution < 1.29 is 23.1 Å². The van der Waals surface area contributed by atoms with Gasteiger partial charge in [-0.25, -0.2) is 9.48 Å². The van der Waals surface area contributed by atoms with Gasteiger partial charge in [0.25, 0.3) is 0 Å². The van der Waals surface area contributed by atoms with E-state index in [9.17, 15) is 18.0 Å². The van der Waals surface area contributed by atoms with E-state index in [1.807, 2.05) is 0 Å². The monoisotopic (exact) mass is 263 g/mol. The van der Waals surface area contributed by atoms with Crippen molar-refractivity contribution in [3.63, 3.8) is 0 Å². The highest BCUT2D eigenvalue weighted by molar-refractivity contribution is 5.93. The Labute approximate surface area is 101 Å². The highest BCUT2D eigenvalue weighted by Gasteiger charge is 2.46. The van der Waals surface area contributed by atoms with Crippen molar-refractivity contribution in [2.75, 3.05) is 5.32 Å². The van der Waals surface area contributed by atoms with Gasteiger partial charge in [-0.1, -0.05) is 6.92 Å². The maximum Gasteiger partial charge on any atom is 0.410 e. The summed E-state index contributed by atoms with van der Waals surface area (Å²) in [5, 5.41) is 15.2. The number of aromatic nitrogens is 2. The van der Waals surface area contributed by atoms with E-state index >= 15 is 0 Å². The molecule has 0 aliphatic carbocycles. The molecule has 0 saturated carbocycles. The molecule has 2 N–H and O–H groups in total. The third kappa shape index (κ3) is 2.02. The smallest absolute Gasteiger partial charge is 0.410 e. The molecule has 5 nitrogen and oxygen atoms in total. The largest absolute Gasteiger partial charge is 0.477 e. The zero-order valence-electron chi connectivity index (χ0n) is 9.53. The number of anilines is 1. The number of aromatic carboxylic acids is 1. The van der Waals surface area contributed by atoms with Crippen LogP contribution in [0.4, 0.5) is 19.0 Å². The molecule has 1 aromatic heterocycles. The van der Waals surface area contributed by atoms with Crippen molar-refractivity contribution in [2.24, 2.45) is 0 Å². The number of fused-ring (bicyclic) bond motifs is 1. The third-order valence-electron chi connectivity index (χ3n) is 3.04. The van der Waals surface area contributed by atoms with Gasteiger partial charge in [0, 0.05) is 6.04 Å². The van der Waals surface area contributed by atoms with Crippen molar-refractivity contribution in [3.8, 4) is 0 Å². The number of hydrogen-bond acceptors (Lipinski definition) is 3. The van der Waals surface area contributed by atoms with Crippen LogP contribution in [-0.2, 0) is 0 Å². The minimum absolute atomic E-state index is 0.0667. The van der Waals surface area contributed by atoms with Gasteiger partial charge < -0.3 is 10.4 Å². The number of alkyl halides is 3. The molecule has 100 valence electrons. The maximum atomic E-state index is 12.9. The number of carboxylic acids is 1. The highest BCUT2D eigenvalue weighted by Crippen LogP contribution is 2.40. The van der Waals surface area contributed by atoms with Crippen LogP contribution in [0.15, 0.2) is 6.20 Å². The number of nitrogens with one attached hydrogen (secondary N) is 1. The summed E-state index contributed by atoms with van der Waals surface area (Å²) in [5.41, 5.74) is -0.234. The standard InChI is InChI=1S/C10H12F3N3O2/c1-2-5-3-7(10(11,12)13)16-8(15-5)6(4-14-16)9(17)18/h4-5,7,15H,2-3H2,1H3,(H,17,18)/t5-,7+/m0/s1. The molecule has 0 bridgehead atoms. The molecule has 1 aliphatic rings.